The van der Waals surface area contributed by atoms with Gasteiger partial charge in [-0.05, 0) is 53.5 Å². The number of fused-ring (bicyclic) bond motifs is 2. The first kappa shape index (κ1) is 21.1. The number of hydrogen-bond donors (Lipinski definition) is 1. The molecule has 3 aliphatic heterocycles. The number of aromatic nitrogens is 2. The van der Waals surface area contributed by atoms with Gasteiger partial charge in [0.25, 0.3) is 0 Å². The molecule has 3 aromatic rings. The van der Waals surface area contributed by atoms with Crippen molar-refractivity contribution in [2.24, 2.45) is 4.99 Å². The Kier molecular flexibility index (Phi) is 5.43. The maximum absolute atomic E-state index is 12.7. The molecule has 1 aromatic heterocycles. The summed E-state index contributed by atoms with van der Waals surface area (Å²) in [7, 11) is 0. The van der Waals surface area contributed by atoms with Crippen LogP contribution in [0.5, 0.6) is 5.75 Å². The fraction of sp³-hybridized carbons (Fsp3) is 0.333. The molecule has 0 amide bonds. The molecule has 7 heteroatoms. The maximum atomic E-state index is 12.7. The van der Waals surface area contributed by atoms with Crippen molar-refractivity contribution in [3.8, 4) is 5.75 Å². The zero-order chi connectivity index (χ0) is 23.1. The number of imidazole rings is 1. The number of H-pyrrole nitrogens is 1. The van der Waals surface area contributed by atoms with Crippen molar-refractivity contribution >= 4 is 28.9 Å². The van der Waals surface area contributed by atoms with Gasteiger partial charge in [0.05, 0.1) is 29.9 Å². The number of hydrogen-bond acceptors (Lipinski definition) is 5. The van der Waals surface area contributed by atoms with Crippen molar-refractivity contribution in [2.45, 2.75) is 19.9 Å². The molecular weight excluding hydrogens is 428 g/mol. The average molecular weight is 457 g/mol. The van der Waals surface area contributed by atoms with Gasteiger partial charge in [-0.3, -0.25) is 14.5 Å². The molecule has 0 atom stereocenters. The fourth-order valence-electron chi connectivity index (χ4n) is 5.00. The van der Waals surface area contributed by atoms with Gasteiger partial charge in [-0.25, -0.2) is 4.79 Å². The van der Waals surface area contributed by atoms with Crippen LogP contribution in [-0.4, -0.2) is 60.1 Å². The minimum absolute atomic E-state index is 0.0639. The molecule has 0 spiro atoms. The molecule has 0 saturated carbocycles. The van der Waals surface area contributed by atoms with Crippen molar-refractivity contribution in [1.29, 1.82) is 0 Å². The molecule has 1 fully saturated rings. The van der Waals surface area contributed by atoms with Crippen molar-refractivity contribution < 1.29 is 9.47 Å². The summed E-state index contributed by atoms with van der Waals surface area (Å²) in [4.78, 5) is 22.7. The van der Waals surface area contributed by atoms with E-state index in [1.807, 2.05) is 16.8 Å². The maximum Gasteiger partial charge on any atom is 0.326 e. The summed E-state index contributed by atoms with van der Waals surface area (Å²) in [6, 6.07) is 12.5. The minimum atomic E-state index is -0.0639. The number of aromatic amines is 1. The van der Waals surface area contributed by atoms with Crippen molar-refractivity contribution in [2.75, 3.05) is 39.5 Å². The van der Waals surface area contributed by atoms with Gasteiger partial charge in [0, 0.05) is 44.4 Å². The lowest BCUT2D eigenvalue weighted by Gasteiger charge is -2.26. The first-order valence-corrected chi connectivity index (χ1v) is 11.9. The molecule has 0 bridgehead atoms. The number of aryl methyl sites for hydroxylation is 1. The molecule has 2 aromatic carbocycles. The van der Waals surface area contributed by atoms with Gasteiger partial charge >= 0.3 is 5.69 Å². The van der Waals surface area contributed by atoms with Crippen LogP contribution in [0.2, 0.25) is 0 Å². The Morgan fingerprint density at radius 3 is 2.88 bits per heavy atom. The number of allylic oxidation sites excluding steroid dienone is 2. The van der Waals surface area contributed by atoms with Gasteiger partial charge in [0.2, 0.25) is 0 Å². The molecule has 3 aliphatic rings. The van der Waals surface area contributed by atoms with E-state index in [4.69, 9.17) is 9.47 Å². The smallest absolute Gasteiger partial charge is 0.326 e. The fourth-order valence-corrected chi connectivity index (χ4v) is 5.00. The third-order valence-corrected chi connectivity index (χ3v) is 6.86. The van der Waals surface area contributed by atoms with Gasteiger partial charge in [-0.1, -0.05) is 18.2 Å². The summed E-state index contributed by atoms with van der Waals surface area (Å²) in [6.07, 6.45) is 4.95. The number of aliphatic imine (C=N–C) groups is 1. The van der Waals surface area contributed by atoms with Crippen LogP contribution >= 0.6 is 0 Å². The van der Waals surface area contributed by atoms with Crippen molar-refractivity contribution in [1.82, 2.24) is 14.5 Å². The number of nitrogens with one attached hydrogen (secondary N) is 1. The third-order valence-electron chi connectivity index (χ3n) is 6.86. The highest BCUT2D eigenvalue weighted by Gasteiger charge is 2.24. The van der Waals surface area contributed by atoms with Crippen LogP contribution in [0.1, 0.15) is 23.1 Å². The minimum Gasteiger partial charge on any atom is -0.487 e. The highest BCUT2D eigenvalue weighted by molar-refractivity contribution is 5.98. The van der Waals surface area contributed by atoms with Gasteiger partial charge in [-0.2, -0.15) is 0 Å². The van der Waals surface area contributed by atoms with Crippen LogP contribution in [0.3, 0.4) is 0 Å². The molecule has 0 radical (unpaired) electrons. The first-order chi connectivity index (χ1) is 16.7. The Morgan fingerprint density at radius 1 is 1.12 bits per heavy atom. The van der Waals surface area contributed by atoms with E-state index in [1.165, 1.54) is 11.1 Å². The molecule has 6 rings (SSSR count). The molecule has 0 unspecified atom stereocenters. The molecule has 1 N–H and O–H groups in total. The third kappa shape index (κ3) is 3.91. The zero-order valence-corrected chi connectivity index (χ0v) is 19.3. The molecule has 0 aliphatic carbocycles. The summed E-state index contributed by atoms with van der Waals surface area (Å²) < 4.78 is 13.4. The second-order valence-electron chi connectivity index (χ2n) is 9.10. The Bertz CT molecular complexity index is 1400. The summed E-state index contributed by atoms with van der Waals surface area (Å²) in [5.41, 5.74) is 8.34. The van der Waals surface area contributed by atoms with E-state index in [1.54, 1.807) is 0 Å². The predicted octanol–water partition coefficient (Wildman–Crippen LogP) is 3.63. The summed E-state index contributed by atoms with van der Waals surface area (Å²) in [5.74, 6) is 0.889. The Balaban J connectivity index is 1.35. The van der Waals surface area contributed by atoms with Gasteiger partial charge in [0.15, 0.2) is 0 Å². The normalized spacial score (nSPS) is 19.4. The quantitative estimate of drug-likeness (QED) is 0.651. The Hall–Kier alpha value is -3.42. The van der Waals surface area contributed by atoms with Crippen LogP contribution in [0, 0.1) is 6.92 Å². The molecule has 174 valence electrons. The average Bonchev–Trinajstić information content (AvgIpc) is 3.40. The van der Waals surface area contributed by atoms with E-state index < -0.39 is 0 Å². The van der Waals surface area contributed by atoms with Crippen molar-refractivity contribution in [3.05, 3.63) is 74.8 Å². The molecule has 1 saturated heterocycles. The number of ether oxygens (including phenoxy) is 2. The van der Waals surface area contributed by atoms with E-state index >= 15 is 0 Å². The van der Waals surface area contributed by atoms with Crippen LogP contribution < -0.4 is 10.4 Å². The summed E-state index contributed by atoms with van der Waals surface area (Å²) in [5, 5.41) is 0. The Morgan fingerprint density at radius 2 is 2.00 bits per heavy atom. The van der Waals surface area contributed by atoms with E-state index in [0.29, 0.717) is 13.2 Å². The molecular formula is C27H28N4O3. The molecule has 34 heavy (non-hydrogen) atoms. The second kappa shape index (κ2) is 8.74. The van der Waals surface area contributed by atoms with E-state index in [2.05, 4.69) is 58.2 Å². The lowest BCUT2D eigenvalue weighted by Crippen LogP contribution is -2.39. The number of morpholine rings is 1. The SMILES string of the molecule is Cc1ccc2c(c1)OCC1=C(CC=N1)/C2=C/c1ccc2c(c1)[nH]c(=O)n2CCN1CCOCC1. The van der Waals surface area contributed by atoms with Crippen LogP contribution in [0.25, 0.3) is 22.7 Å². The van der Waals surface area contributed by atoms with E-state index in [9.17, 15) is 4.79 Å². The first-order valence-electron chi connectivity index (χ1n) is 11.9. The number of nitrogens with zero attached hydrogens (tertiary/aromatic N) is 3. The lowest BCUT2D eigenvalue weighted by molar-refractivity contribution is 0.0364. The van der Waals surface area contributed by atoms with Gasteiger partial charge in [0.1, 0.15) is 12.4 Å². The van der Waals surface area contributed by atoms with Gasteiger partial charge < -0.3 is 14.5 Å². The monoisotopic (exact) mass is 456 g/mol. The van der Waals surface area contributed by atoms with Crippen molar-refractivity contribution in [3.63, 3.8) is 0 Å². The lowest BCUT2D eigenvalue weighted by atomic mass is 9.92. The van der Waals surface area contributed by atoms with Crippen LogP contribution in [0.15, 0.2) is 57.5 Å². The largest absolute Gasteiger partial charge is 0.487 e. The standard InChI is InChI=1S/C27H28N4O3/c1-18-2-4-21-22(20-6-7-28-24(20)17-34-26(21)14-18)15-19-3-5-25-23(16-19)29-27(32)31(25)9-8-30-10-12-33-13-11-30/h2-5,7,14-16H,6,8-13,17H2,1H3,(H,29,32)/b22-15-. The molecule has 4 heterocycles. The van der Waals surface area contributed by atoms with Crippen LogP contribution in [-0.2, 0) is 11.3 Å². The topological polar surface area (TPSA) is 71.8 Å². The predicted molar refractivity (Wildman–Crippen MR) is 134 cm³/mol. The zero-order valence-electron chi connectivity index (χ0n) is 19.3. The number of rotatable bonds is 4. The Labute approximate surface area is 198 Å². The second-order valence-corrected chi connectivity index (χ2v) is 9.10. The van der Waals surface area contributed by atoms with E-state index in [0.717, 1.165) is 78.4 Å². The van der Waals surface area contributed by atoms with Gasteiger partial charge in [-0.15, -0.1) is 0 Å². The highest BCUT2D eigenvalue weighted by Crippen LogP contribution is 2.40. The van der Waals surface area contributed by atoms with Crippen LogP contribution in [0.4, 0.5) is 0 Å². The van der Waals surface area contributed by atoms with E-state index in [-0.39, 0.29) is 5.69 Å². The summed E-state index contributed by atoms with van der Waals surface area (Å²) in [6.45, 7) is 7.42. The highest BCUT2D eigenvalue weighted by atomic mass is 16.5. The molecule has 7 nitrogen and oxygen atoms in total. The number of benzene rings is 2. The summed E-state index contributed by atoms with van der Waals surface area (Å²) >= 11 is 0.